The SMILES string of the molecule is O=C(CCN1CCC([C@@H](O)c2ccccn2)CC1)Nc1nccs1. The van der Waals surface area contributed by atoms with Crippen LogP contribution in [-0.4, -0.2) is 45.5 Å². The van der Waals surface area contributed by atoms with Crippen LogP contribution in [0.2, 0.25) is 0 Å². The van der Waals surface area contributed by atoms with Crippen molar-refractivity contribution in [2.75, 3.05) is 25.0 Å². The number of amides is 1. The van der Waals surface area contributed by atoms with Gasteiger partial charge >= 0.3 is 0 Å². The molecule has 0 aliphatic carbocycles. The van der Waals surface area contributed by atoms with Crippen LogP contribution in [0.25, 0.3) is 0 Å². The third-order valence-electron chi connectivity index (χ3n) is 4.40. The molecule has 1 fully saturated rings. The van der Waals surface area contributed by atoms with Crippen LogP contribution in [0.1, 0.15) is 31.1 Å². The quantitative estimate of drug-likeness (QED) is 0.839. The van der Waals surface area contributed by atoms with Crippen LogP contribution in [0.15, 0.2) is 36.0 Å². The van der Waals surface area contributed by atoms with Gasteiger partial charge in [0.25, 0.3) is 0 Å². The van der Waals surface area contributed by atoms with E-state index < -0.39 is 6.10 Å². The Hall–Kier alpha value is -1.83. The van der Waals surface area contributed by atoms with E-state index >= 15 is 0 Å². The van der Waals surface area contributed by atoms with Gasteiger partial charge < -0.3 is 15.3 Å². The molecule has 6 nitrogen and oxygen atoms in total. The number of thiazole rings is 1. The van der Waals surface area contributed by atoms with Crippen molar-refractivity contribution in [1.29, 1.82) is 0 Å². The summed E-state index contributed by atoms with van der Waals surface area (Å²) in [5.74, 6) is 0.237. The van der Waals surface area contributed by atoms with Crippen molar-refractivity contribution in [3.8, 4) is 0 Å². The van der Waals surface area contributed by atoms with E-state index in [1.165, 1.54) is 11.3 Å². The van der Waals surface area contributed by atoms with E-state index in [0.29, 0.717) is 11.6 Å². The standard InChI is InChI=1S/C17H22N4O2S/c22-15(20-17-19-8-12-24-17)6-11-21-9-4-13(5-10-21)16(23)14-3-1-2-7-18-14/h1-3,7-8,12-13,16,23H,4-6,9-11H2,(H,19,20,22)/t16-/m1/s1. The number of hydrogen-bond acceptors (Lipinski definition) is 6. The minimum absolute atomic E-state index is 0.000550. The van der Waals surface area contributed by atoms with Crippen molar-refractivity contribution in [1.82, 2.24) is 14.9 Å². The summed E-state index contributed by atoms with van der Waals surface area (Å²) >= 11 is 1.42. The summed E-state index contributed by atoms with van der Waals surface area (Å²) in [5, 5.41) is 15.7. The predicted octanol–water partition coefficient (Wildman–Crippen LogP) is 2.31. The summed E-state index contributed by atoms with van der Waals surface area (Å²) in [4.78, 5) is 22.5. The van der Waals surface area contributed by atoms with Crippen LogP contribution < -0.4 is 5.32 Å². The van der Waals surface area contributed by atoms with E-state index in [1.54, 1.807) is 12.4 Å². The number of aliphatic hydroxyl groups excluding tert-OH is 1. The third-order valence-corrected chi connectivity index (χ3v) is 5.09. The van der Waals surface area contributed by atoms with Crippen LogP contribution in [0.5, 0.6) is 0 Å². The smallest absolute Gasteiger partial charge is 0.227 e. The number of anilines is 1. The van der Waals surface area contributed by atoms with Gasteiger partial charge in [0.1, 0.15) is 0 Å². The lowest BCUT2D eigenvalue weighted by atomic mass is 9.89. The van der Waals surface area contributed by atoms with Gasteiger partial charge in [0, 0.05) is 30.7 Å². The van der Waals surface area contributed by atoms with E-state index in [9.17, 15) is 9.90 Å². The highest BCUT2D eigenvalue weighted by Gasteiger charge is 2.26. The van der Waals surface area contributed by atoms with Gasteiger partial charge in [0.05, 0.1) is 11.8 Å². The second kappa shape index (κ2) is 8.32. The Balaban J connectivity index is 1.40. The molecule has 2 aromatic heterocycles. The minimum atomic E-state index is -0.499. The van der Waals surface area contributed by atoms with E-state index in [4.69, 9.17) is 0 Å². The molecule has 3 rings (SSSR count). The number of carbonyl (C=O) groups excluding carboxylic acids is 1. The average Bonchev–Trinajstić information content (AvgIpc) is 3.13. The number of rotatable bonds is 6. The summed E-state index contributed by atoms with van der Waals surface area (Å²) in [6.45, 7) is 2.54. The number of carbonyl (C=O) groups is 1. The fraction of sp³-hybridized carbons (Fsp3) is 0.471. The lowest BCUT2D eigenvalue weighted by Crippen LogP contribution is -2.37. The molecule has 7 heteroatoms. The van der Waals surface area contributed by atoms with Gasteiger partial charge in [-0.05, 0) is 44.0 Å². The topological polar surface area (TPSA) is 78.4 Å². The average molecular weight is 346 g/mol. The maximum atomic E-state index is 11.9. The largest absolute Gasteiger partial charge is 0.387 e. The van der Waals surface area contributed by atoms with Crippen LogP contribution in [-0.2, 0) is 4.79 Å². The van der Waals surface area contributed by atoms with E-state index in [2.05, 4.69) is 20.2 Å². The number of nitrogens with one attached hydrogen (secondary N) is 1. The van der Waals surface area contributed by atoms with Crippen LogP contribution in [0.3, 0.4) is 0 Å². The van der Waals surface area contributed by atoms with Crippen molar-refractivity contribution >= 4 is 22.4 Å². The first-order valence-corrected chi connectivity index (χ1v) is 9.11. The highest BCUT2D eigenvalue weighted by molar-refractivity contribution is 7.13. The van der Waals surface area contributed by atoms with Crippen molar-refractivity contribution in [2.24, 2.45) is 5.92 Å². The summed E-state index contributed by atoms with van der Waals surface area (Å²) in [6.07, 6.45) is 5.21. The minimum Gasteiger partial charge on any atom is -0.387 e. The van der Waals surface area contributed by atoms with Gasteiger partial charge in [-0.1, -0.05) is 6.07 Å². The number of hydrogen-bond donors (Lipinski definition) is 2. The Morgan fingerprint density at radius 1 is 1.33 bits per heavy atom. The Bertz CT molecular complexity index is 627. The number of pyridine rings is 1. The van der Waals surface area contributed by atoms with Gasteiger partial charge in [0.2, 0.25) is 5.91 Å². The first kappa shape index (κ1) is 17.0. The number of aromatic nitrogens is 2. The molecule has 1 saturated heterocycles. The summed E-state index contributed by atoms with van der Waals surface area (Å²) in [6, 6.07) is 5.64. The van der Waals surface area contributed by atoms with E-state index in [0.717, 1.165) is 38.2 Å². The van der Waals surface area contributed by atoms with Crippen molar-refractivity contribution in [2.45, 2.75) is 25.4 Å². The fourth-order valence-electron chi connectivity index (χ4n) is 3.01. The van der Waals surface area contributed by atoms with E-state index in [-0.39, 0.29) is 11.8 Å². The predicted molar refractivity (Wildman–Crippen MR) is 93.7 cm³/mol. The molecule has 128 valence electrons. The first-order valence-electron chi connectivity index (χ1n) is 8.23. The third kappa shape index (κ3) is 4.59. The molecule has 1 amide bonds. The number of likely N-dealkylation sites (tertiary alicyclic amines) is 1. The Kier molecular flexibility index (Phi) is 5.90. The van der Waals surface area contributed by atoms with Gasteiger partial charge in [-0.15, -0.1) is 11.3 Å². The molecule has 0 unspecified atom stereocenters. The molecule has 1 aliphatic rings. The van der Waals surface area contributed by atoms with Crippen molar-refractivity contribution in [3.63, 3.8) is 0 Å². The molecular formula is C17H22N4O2S. The zero-order chi connectivity index (χ0) is 16.8. The molecule has 0 saturated carbocycles. The zero-order valence-corrected chi connectivity index (χ0v) is 14.3. The second-order valence-electron chi connectivity index (χ2n) is 6.01. The number of aliphatic hydroxyl groups is 1. The van der Waals surface area contributed by atoms with Gasteiger partial charge in [-0.3, -0.25) is 9.78 Å². The summed E-state index contributed by atoms with van der Waals surface area (Å²) in [7, 11) is 0. The summed E-state index contributed by atoms with van der Waals surface area (Å²) in [5.41, 5.74) is 0.749. The molecule has 1 aliphatic heterocycles. The highest BCUT2D eigenvalue weighted by Crippen LogP contribution is 2.29. The van der Waals surface area contributed by atoms with Crippen LogP contribution in [0, 0.1) is 5.92 Å². The lowest BCUT2D eigenvalue weighted by molar-refractivity contribution is -0.116. The van der Waals surface area contributed by atoms with Gasteiger partial charge in [-0.25, -0.2) is 4.98 Å². The maximum Gasteiger partial charge on any atom is 0.227 e. The molecule has 0 spiro atoms. The van der Waals surface area contributed by atoms with Crippen molar-refractivity contribution in [3.05, 3.63) is 41.7 Å². The Morgan fingerprint density at radius 2 is 2.17 bits per heavy atom. The van der Waals surface area contributed by atoms with Gasteiger partial charge in [-0.2, -0.15) is 0 Å². The first-order chi connectivity index (χ1) is 11.7. The molecule has 2 N–H and O–H groups in total. The lowest BCUT2D eigenvalue weighted by Gasteiger charge is -2.33. The highest BCUT2D eigenvalue weighted by atomic mass is 32.1. The van der Waals surface area contributed by atoms with Crippen LogP contribution in [0.4, 0.5) is 5.13 Å². The molecule has 2 aromatic rings. The van der Waals surface area contributed by atoms with Crippen molar-refractivity contribution < 1.29 is 9.90 Å². The molecule has 24 heavy (non-hydrogen) atoms. The summed E-state index contributed by atoms with van der Waals surface area (Å²) < 4.78 is 0. The molecule has 0 bridgehead atoms. The molecule has 3 heterocycles. The Labute approximate surface area is 145 Å². The molecule has 0 aromatic carbocycles. The van der Waals surface area contributed by atoms with E-state index in [1.807, 2.05) is 23.6 Å². The molecule has 1 atom stereocenters. The fourth-order valence-corrected chi connectivity index (χ4v) is 3.56. The maximum absolute atomic E-state index is 11.9. The Morgan fingerprint density at radius 3 is 2.83 bits per heavy atom. The zero-order valence-electron chi connectivity index (χ0n) is 13.5. The monoisotopic (exact) mass is 346 g/mol. The molecular weight excluding hydrogens is 324 g/mol. The van der Waals surface area contributed by atoms with Crippen LogP contribution >= 0.6 is 11.3 Å². The molecule has 0 radical (unpaired) electrons. The van der Waals surface area contributed by atoms with Gasteiger partial charge in [0.15, 0.2) is 5.13 Å². The number of nitrogens with zero attached hydrogens (tertiary/aromatic N) is 3. The number of piperidine rings is 1. The second-order valence-corrected chi connectivity index (χ2v) is 6.91. The normalized spacial score (nSPS) is 17.5.